The van der Waals surface area contributed by atoms with Gasteiger partial charge in [0.2, 0.25) is 11.8 Å². The SMILES string of the molecule is CN(C)CC(=O)N1CCN(C(=O)/C=C/c2sc3ccccc3c2Cl)CC1. The van der Waals surface area contributed by atoms with E-state index >= 15 is 0 Å². The van der Waals surface area contributed by atoms with Gasteiger partial charge in [0.05, 0.1) is 11.6 Å². The van der Waals surface area contributed by atoms with Crippen LogP contribution in [0, 0.1) is 0 Å². The molecule has 1 aliphatic rings. The fraction of sp³-hybridized carbons (Fsp3) is 0.368. The van der Waals surface area contributed by atoms with Crippen molar-refractivity contribution >= 4 is 50.9 Å². The Morgan fingerprint density at radius 1 is 1.15 bits per heavy atom. The normalized spacial score (nSPS) is 15.4. The second-order valence-corrected chi connectivity index (χ2v) is 8.02. The largest absolute Gasteiger partial charge is 0.338 e. The van der Waals surface area contributed by atoms with Crippen molar-refractivity contribution in [1.82, 2.24) is 14.7 Å². The standard InChI is InChI=1S/C19H22ClN3O2S/c1-21(2)13-18(25)23-11-9-22(10-12-23)17(24)8-7-16-19(20)14-5-3-4-6-15(14)26-16/h3-8H,9-13H2,1-2H3/b8-7+. The summed E-state index contributed by atoms with van der Waals surface area (Å²) in [5.74, 6) is 0.0629. The average molecular weight is 392 g/mol. The summed E-state index contributed by atoms with van der Waals surface area (Å²) in [4.78, 5) is 30.9. The first-order valence-electron chi connectivity index (χ1n) is 8.52. The Bertz CT molecular complexity index is 838. The molecule has 2 amide bonds. The number of halogens is 1. The summed E-state index contributed by atoms with van der Waals surface area (Å²) in [7, 11) is 3.75. The number of benzene rings is 1. The van der Waals surface area contributed by atoms with E-state index in [9.17, 15) is 9.59 Å². The molecular weight excluding hydrogens is 370 g/mol. The maximum Gasteiger partial charge on any atom is 0.246 e. The summed E-state index contributed by atoms with van der Waals surface area (Å²) in [6.45, 7) is 2.68. The number of hydrogen-bond acceptors (Lipinski definition) is 4. The van der Waals surface area contributed by atoms with E-state index in [0.29, 0.717) is 37.7 Å². The molecule has 0 N–H and O–H groups in total. The van der Waals surface area contributed by atoms with Gasteiger partial charge in [0.1, 0.15) is 0 Å². The van der Waals surface area contributed by atoms with E-state index in [2.05, 4.69) is 0 Å². The van der Waals surface area contributed by atoms with Crippen molar-refractivity contribution in [3.63, 3.8) is 0 Å². The van der Waals surface area contributed by atoms with Crippen LogP contribution in [-0.4, -0.2) is 73.3 Å². The van der Waals surface area contributed by atoms with E-state index in [1.165, 1.54) is 0 Å². The molecule has 1 aromatic heterocycles. The first-order chi connectivity index (χ1) is 12.5. The average Bonchev–Trinajstić information content (AvgIpc) is 2.95. The molecule has 2 aromatic rings. The lowest BCUT2D eigenvalue weighted by atomic mass is 10.2. The summed E-state index contributed by atoms with van der Waals surface area (Å²) in [6.07, 6.45) is 3.37. The van der Waals surface area contributed by atoms with Crippen molar-refractivity contribution in [2.45, 2.75) is 0 Å². The van der Waals surface area contributed by atoms with Gasteiger partial charge in [0.25, 0.3) is 0 Å². The van der Waals surface area contributed by atoms with Crippen molar-refractivity contribution < 1.29 is 9.59 Å². The molecule has 1 aliphatic heterocycles. The Morgan fingerprint density at radius 3 is 2.46 bits per heavy atom. The van der Waals surface area contributed by atoms with Gasteiger partial charge in [-0.15, -0.1) is 11.3 Å². The summed E-state index contributed by atoms with van der Waals surface area (Å²) in [6, 6.07) is 7.94. The molecule has 26 heavy (non-hydrogen) atoms. The molecule has 0 atom stereocenters. The predicted molar refractivity (Wildman–Crippen MR) is 108 cm³/mol. The van der Waals surface area contributed by atoms with Crippen LogP contribution >= 0.6 is 22.9 Å². The van der Waals surface area contributed by atoms with Crippen LogP contribution in [0.4, 0.5) is 0 Å². The van der Waals surface area contributed by atoms with E-state index in [-0.39, 0.29) is 11.8 Å². The second kappa shape index (κ2) is 8.20. The van der Waals surface area contributed by atoms with Crippen LogP contribution in [0.5, 0.6) is 0 Å². The third-order valence-corrected chi connectivity index (χ3v) is 5.99. The van der Waals surface area contributed by atoms with E-state index in [0.717, 1.165) is 15.0 Å². The Balaban J connectivity index is 1.59. The number of piperazine rings is 1. The molecule has 0 bridgehead atoms. The molecule has 0 radical (unpaired) electrons. The lowest BCUT2D eigenvalue weighted by molar-refractivity contribution is -0.137. The molecule has 0 spiro atoms. The van der Waals surface area contributed by atoms with Crippen LogP contribution in [0.2, 0.25) is 5.02 Å². The van der Waals surface area contributed by atoms with Crippen LogP contribution in [0.25, 0.3) is 16.2 Å². The highest BCUT2D eigenvalue weighted by Crippen LogP contribution is 2.35. The van der Waals surface area contributed by atoms with Gasteiger partial charge in [-0.3, -0.25) is 9.59 Å². The molecule has 0 saturated carbocycles. The first-order valence-corrected chi connectivity index (χ1v) is 9.71. The number of fused-ring (bicyclic) bond motifs is 1. The maximum atomic E-state index is 12.4. The zero-order valence-electron chi connectivity index (χ0n) is 14.9. The van der Waals surface area contributed by atoms with E-state index in [1.54, 1.807) is 28.4 Å². The van der Waals surface area contributed by atoms with Gasteiger partial charge in [0.15, 0.2) is 0 Å². The minimum Gasteiger partial charge on any atom is -0.338 e. The van der Waals surface area contributed by atoms with Crippen molar-refractivity contribution in [3.8, 4) is 0 Å². The van der Waals surface area contributed by atoms with Crippen LogP contribution in [-0.2, 0) is 9.59 Å². The van der Waals surface area contributed by atoms with Crippen molar-refractivity contribution in [2.24, 2.45) is 0 Å². The molecule has 1 saturated heterocycles. The van der Waals surface area contributed by atoms with Gasteiger partial charge < -0.3 is 14.7 Å². The highest BCUT2D eigenvalue weighted by Gasteiger charge is 2.23. The van der Waals surface area contributed by atoms with Crippen LogP contribution in [0.3, 0.4) is 0 Å². The highest BCUT2D eigenvalue weighted by atomic mass is 35.5. The van der Waals surface area contributed by atoms with E-state index in [1.807, 2.05) is 48.2 Å². The number of rotatable bonds is 4. The van der Waals surface area contributed by atoms with Gasteiger partial charge in [-0.2, -0.15) is 0 Å². The molecule has 3 rings (SSSR count). The van der Waals surface area contributed by atoms with Crippen molar-refractivity contribution in [3.05, 3.63) is 40.2 Å². The molecule has 7 heteroatoms. The minimum absolute atomic E-state index is 0.0433. The molecule has 1 aromatic carbocycles. The Morgan fingerprint density at radius 2 is 1.81 bits per heavy atom. The lowest BCUT2D eigenvalue weighted by Crippen LogP contribution is -2.51. The second-order valence-electron chi connectivity index (χ2n) is 6.55. The maximum absolute atomic E-state index is 12.4. The number of nitrogens with zero attached hydrogens (tertiary/aromatic N) is 3. The summed E-state index contributed by atoms with van der Waals surface area (Å²) in [5, 5.41) is 1.70. The van der Waals surface area contributed by atoms with E-state index < -0.39 is 0 Å². The predicted octanol–water partition coefficient (Wildman–Crippen LogP) is 2.80. The number of carbonyl (C=O) groups is 2. The summed E-state index contributed by atoms with van der Waals surface area (Å²) >= 11 is 7.98. The third-order valence-electron chi connectivity index (χ3n) is 4.33. The van der Waals surface area contributed by atoms with Gasteiger partial charge in [-0.25, -0.2) is 0 Å². The summed E-state index contributed by atoms with van der Waals surface area (Å²) < 4.78 is 1.11. The Hall–Kier alpha value is -1.89. The van der Waals surface area contributed by atoms with Crippen molar-refractivity contribution in [1.29, 1.82) is 0 Å². The monoisotopic (exact) mass is 391 g/mol. The fourth-order valence-electron chi connectivity index (χ4n) is 2.94. The molecule has 0 unspecified atom stereocenters. The van der Waals surface area contributed by atoms with Gasteiger partial charge in [-0.1, -0.05) is 29.8 Å². The van der Waals surface area contributed by atoms with Crippen LogP contribution in [0.1, 0.15) is 4.88 Å². The van der Waals surface area contributed by atoms with Crippen LogP contribution < -0.4 is 0 Å². The van der Waals surface area contributed by atoms with Crippen LogP contribution in [0.15, 0.2) is 30.3 Å². The molecule has 138 valence electrons. The Kier molecular flexibility index (Phi) is 5.96. The number of amides is 2. The zero-order chi connectivity index (χ0) is 18.7. The van der Waals surface area contributed by atoms with Gasteiger partial charge >= 0.3 is 0 Å². The molecule has 1 fully saturated rings. The highest BCUT2D eigenvalue weighted by molar-refractivity contribution is 7.20. The topological polar surface area (TPSA) is 43.9 Å². The summed E-state index contributed by atoms with van der Waals surface area (Å²) in [5.41, 5.74) is 0. The van der Waals surface area contributed by atoms with Gasteiger partial charge in [-0.05, 0) is 26.2 Å². The number of thiophene rings is 1. The first kappa shape index (κ1) is 18.9. The molecule has 5 nitrogen and oxygen atoms in total. The number of carbonyl (C=O) groups excluding carboxylic acids is 2. The lowest BCUT2D eigenvalue weighted by Gasteiger charge is -2.34. The fourth-order valence-corrected chi connectivity index (χ4v) is 4.34. The number of likely N-dealkylation sites (N-methyl/N-ethyl adjacent to an activating group) is 1. The quantitative estimate of drug-likeness (QED) is 0.753. The molecule has 2 heterocycles. The van der Waals surface area contributed by atoms with E-state index in [4.69, 9.17) is 11.6 Å². The number of hydrogen-bond donors (Lipinski definition) is 0. The smallest absolute Gasteiger partial charge is 0.246 e. The zero-order valence-corrected chi connectivity index (χ0v) is 16.5. The Labute approximate surface area is 162 Å². The van der Waals surface area contributed by atoms with Crippen molar-refractivity contribution in [2.75, 3.05) is 46.8 Å². The minimum atomic E-state index is -0.0433. The molecule has 0 aliphatic carbocycles. The van der Waals surface area contributed by atoms with Gasteiger partial charge in [0, 0.05) is 47.2 Å². The third kappa shape index (κ3) is 4.26. The molecular formula is C19H22ClN3O2S.